The molecule has 2 aromatic rings. The molecule has 0 saturated heterocycles. The van der Waals surface area contributed by atoms with E-state index in [0.29, 0.717) is 4.88 Å². The molecule has 6 heteroatoms. The molecule has 2 N–H and O–H groups in total. The fourth-order valence-corrected chi connectivity index (χ4v) is 2.33. The summed E-state index contributed by atoms with van der Waals surface area (Å²) in [7, 11) is 0. The van der Waals surface area contributed by atoms with Gasteiger partial charge in [-0.05, 0) is 23.6 Å². The number of nitrogens with one attached hydrogen (secondary N) is 1. The third kappa shape index (κ3) is 2.97. The van der Waals surface area contributed by atoms with Crippen LogP contribution in [-0.4, -0.2) is 17.0 Å². The third-order valence-corrected chi connectivity index (χ3v) is 3.41. The zero-order valence-corrected chi connectivity index (χ0v) is 10.5. The average Bonchev–Trinajstić information content (AvgIpc) is 2.89. The standard InChI is InChI=1S/C13H10FNO3S/c14-9-5-2-1-4-8(9)12(16)15-11(13(17)18)10-6-3-7-19-10/h1-7,11H,(H,15,16)(H,17,18). The van der Waals surface area contributed by atoms with Crippen LogP contribution in [0, 0.1) is 5.82 Å². The highest BCUT2D eigenvalue weighted by Crippen LogP contribution is 2.20. The minimum Gasteiger partial charge on any atom is -0.479 e. The lowest BCUT2D eigenvalue weighted by Crippen LogP contribution is -2.33. The van der Waals surface area contributed by atoms with Crippen molar-refractivity contribution in [2.24, 2.45) is 0 Å². The summed E-state index contributed by atoms with van der Waals surface area (Å²) in [6.45, 7) is 0. The van der Waals surface area contributed by atoms with Crippen LogP contribution in [0.5, 0.6) is 0 Å². The number of carboxylic acid groups (broad SMARTS) is 1. The van der Waals surface area contributed by atoms with Gasteiger partial charge in [0.15, 0.2) is 6.04 Å². The molecular weight excluding hydrogens is 269 g/mol. The molecule has 1 heterocycles. The number of carbonyl (C=O) groups is 2. The van der Waals surface area contributed by atoms with Crippen molar-refractivity contribution in [2.75, 3.05) is 0 Å². The highest BCUT2D eigenvalue weighted by molar-refractivity contribution is 7.10. The van der Waals surface area contributed by atoms with Gasteiger partial charge < -0.3 is 10.4 Å². The zero-order chi connectivity index (χ0) is 13.8. The number of aliphatic carboxylic acids is 1. The average molecular weight is 279 g/mol. The lowest BCUT2D eigenvalue weighted by atomic mass is 10.1. The maximum Gasteiger partial charge on any atom is 0.331 e. The molecule has 1 unspecified atom stereocenters. The smallest absolute Gasteiger partial charge is 0.331 e. The van der Waals surface area contributed by atoms with Gasteiger partial charge in [-0.15, -0.1) is 11.3 Å². The highest BCUT2D eigenvalue weighted by atomic mass is 32.1. The number of carboxylic acids is 1. The van der Waals surface area contributed by atoms with Gasteiger partial charge in [0.25, 0.3) is 5.91 Å². The molecule has 98 valence electrons. The van der Waals surface area contributed by atoms with Crippen molar-refractivity contribution in [1.82, 2.24) is 5.32 Å². The summed E-state index contributed by atoms with van der Waals surface area (Å²) < 4.78 is 13.4. The first-order valence-corrected chi connectivity index (χ1v) is 6.29. The molecule has 0 aliphatic carbocycles. The fourth-order valence-electron chi connectivity index (χ4n) is 1.56. The van der Waals surface area contributed by atoms with Crippen LogP contribution in [0.4, 0.5) is 4.39 Å². The van der Waals surface area contributed by atoms with E-state index in [1.807, 2.05) is 0 Å². The van der Waals surface area contributed by atoms with Gasteiger partial charge in [-0.2, -0.15) is 0 Å². The van der Waals surface area contributed by atoms with Crippen molar-refractivity contribution in [2.45, 2.75) is 6.04 Å². The van der Waals surface area contributed by atoms with E-state index >= 15 is 0 Å². The summed E-state index contributed by atoms with van der Waals surface area (Å²) >= 11 is 1.21. The molecule has 0 saturated carbocycles. The largest absolute Gasteiger partial charge is 0.479 e. The number of halogens is 1. The second-order valence-electron chi connectivity index (χ2n) is 3.74. The normalized spacial score (nSPS) is 11.8. The van der Waals surface area contributed by atoms with Crippen LogP contribution in [0.15, 0.2) is 41.8 Å². The van der Waals surface area contributed by atoms with E-state index < -0.39 is 23.7 Å². The molecule has 4 nitrogen and oxygen atoms in total. The molecular formula is C13H10FNO3S. The number of benzene rings is 1. The molecule has 0 radical (unpaired) electrons. The number of thiophene rings is 1. The SMILES string of the molecule is O=C(NC(C(=O)O)c1cccs1)c1ccccc1F. The lowest BCUT2D eigenvalue weighted by molar-refractivity contribution is -0.139. The molecule has 1 aromatic carbocycles. The van der Waals surface area contributed by atoms with Crippen molar-refractivity contribution < 1.29 is 19.1 Å². The van der Waals surface area contributed by atoms with Crippen molar-refractivity contribution >= 4 is 23.2 Å². The van der Waals surface area contributed by atoms with Gasteiger partial charge in [-0.3, -0.25) is 4.79 Å². The Morgan fingerprint density at radius 3 is 2.53 bits per heavy atom. The van der Waals surface area contributed by atoms with Gasteiger partial charge >= 0.3 is 5.97 Å². The van der Waals surface area contributed by atoms with Crippen molar-refractivity contribution in [3.05, 3.63) is 58.0 Å². The van der Waals surface area contributed by atoms with Crippen LogP contribution < -0.4 is 5.32 Å². The van der Waals surface area contributed by atoms with Crippen LogP contribution in [-0.2, 0) is 4.79 Å². The predicted octanol–water partition coefficient (Wildman–Crippen LogP) is 2.44. The summed E-state index contributed by atoms with van der Waals surface area (Å²) in [6, 6.07) is 7.54. The first kappa shape index (κ1) is 13.2. The quantitative estimate of drug-likeness (QED) is 0.903. The lowest BCUT2D eigenvalue weighted by Gasteiger charge is -2.13. The van der Waals surface area contributed by atoms with E-state index in [0.717, 1.165) is 6.07 Å². The minimum atomic E-state index is -1.19. The topological polar surface area (TPSA) is 66.4 Å². The van der Waals surface area contributed by atoms with E-state index in [1.165, 1.54) is 29.5 Å². The van der Waals surface area contributed by atoms with E-state index in [-0.39, 0.29) is 5.56 Å². The number of rotatable bonds is 4. The monoisotopic (exact) mass is 279 g/mol. The van der Waals surface area contributed by atoms with Crippen molar-refractivity contribution in [3.8, 4) is 0 Å². The number of hydrogen-bond acceptors (Lipinski definition) is 3. The van der Waals surface area contributed by atoms with E-state index in [2.05, 4.69) is 5.32 Å². The molecule has 1 aromatic heterocycles. The first-order valence-electron chi connectivity index (χ1n) is 5.41. The number of hydrogen-bond donors (Lipinski definition) is 2. The maximum atomic E-state index is 13.4. The molecule has 1 atom stereocenters. The zero-order valence-electron chi connectivity index (χ0n) is 9.67. The Labute approximate surface area is 112 Å². The molecule has 0 spiro atoms. The molecule has 0 aliphatic heterocycles. The van der Waals surface area contributed by atoms with Crippen LogP contribution in [0.3, 0.4) is 0 Å². The van der Waals surface area contributed by atoms with Gasteiger partial charge in [0.1, 0.15) is 5.82 Å². The second kappa shape index (κ2) is 5.62. The Balaban J connectivity index is 2.21. The van der Waals surface area contributed by atoms with E-state index in [9.17, 15) is 14.0 Å². The van der Waals surface area contributed by atoms with Gasteiger partial charge in [0.2, 0.25) is 0 Å². The molecule has 19 heavy (non-hydrogen) atoms. The fraction of sp³-hybridized carbons (Fsp3) is 0.0769. The predicted molar refractivity (Wildman–Crippen MR) is 68.6 cm³/mol. The van der Waals surface area contributed by atoms with Crippen molar-refractivity contribution in [1.29, 1.82) is 0 Å². The Kier molecular flexibility index (Phi) is 3.91. The summed E-state index contributed by atoms with van der Waals surface area (Å²) in [5.41, 5.74) is -0.176. The van der Waals surface area contributed by atoms with Crippen LogP contribution in [0.1, 0.15) is 21.3 Å². The number of amides is 1. The molecule has 0 fully saturated rings. The molecule has 1 amide bonds. The van der Waals surface area contributed by atoms with Gasteiger partial charge in [-0.25, -0.2) is 9.18 Å². The van der Waals surface area contributed by atoms with Gasteiger partial charge in [-0.1, -0.05) is 18.2 Å². The number of carbonyl (C=O) groups excluding carboxylic acids is 1. The summed E-state index contributed by atoms with van der Waals surface area (Å²) in [5, 5.41) is 13.1. The summed E-state index contributed by atoms with van der Waals surface area (Å²) in [4.78, 5) is 23.5. The maximum absolute atomic E-state index is 13.4. The second-order valence-corrected chi connectivity index (χ2v) is 4.72. The highest BCUT2D eigenvalue weighted by Gasteiger charge is 2.24. The Morgan fingerprint density at radius 1 is 1.21 bits per heavy atom. The van der Waals surface area contributed by atoms with E-state index in [1.54, 1.807) is 17.5 Å². The Bertz CT molecular complexity index is 598. The molecule has 0 bridgehead atoms. The van der Waals surface area contributed by atoms with Crippen LogP contribution >= 0.6 is 11.3 Å². The Hall–Kier alpha value is -2.21. The summed E-state index contributed by atoms with van der Waals surface area (Å²) in [6.07, 6.45) is 0. The molecule has 0 aliphatic rings. The van der Waals surface area contributed by atoms with Gasteiger partial charge in [0.05, 0.1) is 5.56 Å². The summed E-state index contributed by atoms with van der Waals surface area (Å²) in [5.74, 6) is -2.62. The minimum absolute atomic E-state index is 0.176. The first-order chi connectivity index (χ1) is 9.09. The van der Waals surface area contributed by atoms with E-state index in [4.69, 9.17) is 5.11 Å². The van der Waals surface area contributed by atoms with Crippen LogP contribution in [0.25, 0.3) is 0 Å². The van der Waals surface area contributed by atoms with Crippen molar-refractivity contribution in [3.63, 3.8) is 0 Å². The van der Waals surface area contributed by atoms with Crippen LogP contribution in [0.2, 0.25) is 0 Å². The van der Waals surface area contributed by atoms with Gasteiger partial charge in [0, 0.05) is 4.88 Å². The third-order valence-electron chi connectivity index (χ3n) is 2.47. The Morgan fingerprint density at radius 2 is 1.95 bits per heavy atom. The molecule has 2 rings (SSSR count).